The zero-order valence-electron chi connectivity index (χ0n) is 17.5. The van der Waals surface area contributed by atoms with Crippen LogP contribution in [0.25, 0.3) is 33.1 Å². The lowest BCUT2D eigenvalue weighted by Crippen LogP contribution is -2.14. The van der Waals surface area contributed by atoms with Crippen LogP contribution in [-0.2, 0) is 16.1 Å². The number of hydrogen-bond donors (Lipinski definition) is 2. The molecule has 0 spiro atoms. The quantitative estimate of drug-likeness (QED) is 0.428. The average Bonchev–Trinajstić information content (AvgIpc) is 3.10. The third kappa shape index (κ3) is 3.76. The fourth-order valence-electron chi connectivity index (χ4n) is 3.89. The number of amides is 2. The molecule has 0 aliphatic rings. The molecule has 2 amide bonds. The molecule has 32 heavy (non-hydrogen) atoms. The van der Waals surface area contributed by atoms with Crippen molar-refractivity contribution in [3.63, 3.8) is 0 Å². The Kier molecular flexibility index (Phi) is 4.99. The van der Waals surface area contributed by atoms with E-state index in [0.29, 0.717) is 17.9 Å². The summed E-state index contributed by atoms with van der Waals surface area (Å²) in [4.78, 5) is 33.4. The summed E-state index contributed by atoms with van der Waals surface area (Å²) in [6.45, 7) is 1.93. The number of nitrogens with zero attached hydrogens (tertiary/aromatic N) is 3. The molecule has 0 bridgehead atoms. The van der Waals surface area contributed by atoms with Crippen LogP contribution in [-0.4, -0.2) is 26.3 Å². The second-order valence-corrected chi connectivity index (χ2v) is 7.61. The van der Waals surface area contributed by atoms with Gasteiger partial charge in [0.25, 0.3) is 0 Å². The molecule has 0 saturated carbocycles. The third-order valence-electron chi connectivity index (χ3n) is 5.31. The first-order valence-electron chi connectivity index (χ1n) is 10.4. The molecule has 7 heteroatoms. The van der Waals surface area contributed by atoms with Gasteiger partial charge in [-0.15, -0.1) is 0 Å². The van der Waals surface area contributed by atoms with Crippen LogP contribution in [0.2, 0.25) is 0 Å². The maximum absolute atomic E-state index is 12.6. The van der Waals surface area contributed by atoms with Crippen LogP contribution < -0.4 is 10.6 Å². The summed E-state index contributed by atoms with van der Waals surface area (Å²) in [6.07, 6.45) is 0.287. The summed E-state index contributed by atoms with van der Waals surface area (Å²) >= 11 is 0. The zero-order chi connectivity index (χ0) is 22.1. The Bertz CT molecular complexity index is 1470. The van der Waals surface area contributed by atoms with E-state index in [2.05, 4.69) is 15.2 Å². The maximum Gasteiger partial charge on any atom is 0.226 e. The number of aryl methyl sites for hydroxylation is 1. The van der Waals surface area contributed by atoms with E-state index in [1.54, 1.807) is 24.3 Å². The van der Waals surface area contributed by atoms with Gasteiger partial charge >= 0.3 is 0 Å². The minimum absolute atomic E-state index is 0.100. The number of carbonyl (C=O) groups excluding carboxylic acids is 2. The summed E-state index contributed by atoms with van der Waals surface area (Å²) in [5, 5.41) is 6.64. The molecular formula is C25H21N5O2. The number of carbonyl (C=O) groups is 2. The summed E-state index contributed by atoms with van der Waals surface area (Å²) in [5.74, 6) is -0.235. The lowest BCUT2D eigenvalue weighted by atomic mass is 10.2. The van der Waals surface area contributed by atoms with Crippen molar-refractivity contribution in [1.82, 2.24) is 14.5 Å². The number of fused-ring (bicyclic) bond motifs is 4. The van der Waals surface area contributed by atoms with Crippen molar-refractivity contribution in [2.45, 2.75) is 19.9 Å². The van der Waals surface area contributed by atoms with Crippen LogP contribution in [0.1, 0.15) is 13.3 Å². The Morgan fingerprint density at radius 3 is 2.16 bits per heavy atom. The normalized spacial score (nSPS) is 11.2. The SMILES string of the molecule is CC(=O)Nc1ccc(NC(=O)CCn2c3ccccc3c3nc4ccccc4nc32)cc1. The van der Waals surface area contributed by atoms with Gasteiger partial charge in [-0.05, 0) is 42.5 Å². The van der Waals surface area contributed by atoms with Gasteiger partial charge in [0.1, 0.15) is 5.52 Å². The molecule has 0 radical (unpaired) electrons. The Hall–Kier alpha value is -4.26. The van der Waals surface area contributed by atoms with E-state index in [4.69, 9.17) is 9.97 Å². The van der Waals surface area contributed by atoms with Gasteiger partial charge < -0.3 is 15.2 Å². The van der Waals surface area contributed by atoms with Crippen LogP contribution in [0.4, 0.5) is 11.4 Å². The molecule has 158 valence electrons. The smallest absolute Gasteiger partial charge is 0.226 e. The van der Waals surface area contributed by atoms with E-state index in [9.17, 15) is 9.59 Å². The standard InChI is InChI=1S/C25H21N5O2/c1-16(31)26-17-10-12-18(13-11-17)27-23(32)14-15-30-22-9-5-2-6-19(22)24-25(30)29-21-8-4-3-7-20(21)28-24/h2-13H,14-15H2,1H3,(H,26,31)(H,27,32). The molecule has 5 rings (SSSR count). The van der Waals surface area contributed by atoms with Gasteiger partial charge in [-0.3, -0.25) is 9.59 Å². The number of benzene rings is 3. The highest BCUT2D eigenvalue weighted by Gasteiger charge is 2.15. The first-order valence-corrected chi connectivity index (χ1v) is 10.4. The number of hydrogen-bond acceptors (Lipinski definition) is 4. The molecule has 0 aliphatic carbocycles. The number of rotatable bonds is 5. The van der Waals surface area contributed by atoms with Crippen molar-refractivity contribution in [1.29, 1.82) is 0 Å². The van der Waals surface area contributed by atoms with Gasteiger partial charge in [0.15, 0.2) is 5.65 Å². The zero-order valence-corrected chi connectivity index (χ0v) is 17.5. The van der Waals surface area contributed by atoms with E-state index in [0.717, 1.165) is 33.1 Å². The van der Waals surface area contributed by atoms with Crippen molar-refractivity contribution >= 4 is 56.3 Å². The summed E-state index contributed by atoms with van der Waals surface area (Å²) < 4.78 is 2.06. The minimum atomic E-state index is -0.135. The lowest BCUT2D eigenvalue weighted by molar-refractivity contribution is -0.116. The molecule has 5 aromatic rings. The van der Waals surface area contributed by atoms with Gasteiger partial charge in [0.05, 0.1) is 16.6 Å². The van der Waals surface area contributed by atoms with Gasteiger partial charge in [-0.25, -0.2) is 9.97 Å². The first kappa shape index (κ1) is 19.7. The van der Waals surface area contributed by atoms with Gasteiger partial charge in [0, 0.05) is 36.7 Å². The Balaban J connectivity index is 1.40. The molecule has 2 heterocycles. The van der Waals surface area contributed by atoms with Crippen LogP contribution in [0.5, 0.6) is 0 Å². The minimum Gasteiger partial charge on any atom is -0.326 e. The number of aromatic nitrogens is 3. The number of anilines is 2. The highest BCUT2D eigenvalue weighted by atomic mass is 16.2. The maximum atomic E-state index is 12.6. The van der Waals surface area contributed by atoms with Gasteiger partial charge in [-0.1, -0.05) is 30.3 Å². The Labute approximate surface area is 184 Å². The van der Waals surface area contributed by atoms with Crippen LogP contribution in [0.15, 0.2) is 72.8 Å². The largest absolute Gasteiger partial charge is 0.326 e. The van der Waals surface area contributed by atoms with E-state index in [-0.39, 0.29) is 18.2 Å². The molecule has 7 nitrogen and oxygen atoms in total. The van der Waals surface area contributed by atoms with Crippen molar-refractivity contribution in [3.8, 4) is 0 Å². The molecule has 0 aliphatic heterocycles. The van der Waals surface area contributed by atoms with E-state index >= 15 is 0 Å². The highest BCUT2D eigenvalue weighted by Crippen LogP contribution is 2.28. The van der Waals surface area contributed by atoms with Crippen molar-refractivity contribution in [2.75, 3.05) is 10.6 Å². The molecule has 0 unspecified atom stereocenters. The van der Waals surface area contributed by atoms with Crippen molar-refractivity contribution in [3.05, 3.63) is 72.8 Å². The molecule has 0 fully saturated rings. The predicted molar refractivity (Wildman–Crippen MR) is 127 cm³/mol. The van der Waals surface area contributed by atoms with E-state index < -0.39 is 0 Å². The topological polar surface area (TPSA) is 88.9 Å². The second-order valence-electron chi connectivity index (χ2n) is 7.61. The van der Waals surface area contributed by atoms with E-state index in [1.807, 2.05) is 48.5 Å². The van der Waals surface area contributed by atoms with Crippen LogP contribution in [0.3, 0.4) is 0 Å². The summed E-state index contributed by atoms with van der Waals surface area (Å²) in [7, 11) is 0. The number of nitrogens with one attached hydrogen (secondary N) is 2. The average molecular weight is 423 g/mol. The van der Waals surface area contributed by atoms with Crippen molar-refractivity contribution in [2.24, 2.45) is 0 Å². The van der Waals surface area contributed by atoms with Crippen LogP contribution in [0, 0.1) is 0 Å². The third-order valence-corrected chi connectivity index (χ3v) is 5.31. The Morgan fingerprint density at radius 1 is 0.812 bits per heavy atom. The fourth-order valence-corrected chi connectivity index (χ4v) is 3.89. The molecule has 3 aromatic carbocycles. The molecule has 0 atom stereocenters. The predicted octanol–water partition coefficient (Wildman–Crippen LogP) is 4.72. The molecule has 2 N–H and O–H groups in total. The second kappa shape index (κ2) is 8.11. The molecular weight excluding hydrogens is 402 g/mol. The summed E-state index contributed by atoms with van der Waals surface area (Å²) in [5.41, 5.74) is 5.66. The van der Waals surface area contributed by atoms with Crippen LogP contribution >= 0.6 is 0 Å². The summed E-state index contributed by atoms with van der Waals surface area (Å²) in [6, 6.07) is 22.9. The first-order chi connectivity index (χ1) is 15.6. The molecule has 2 aromatic heterocycles. The highest BCUT2D eigenvalue weighted by molar-refractivity contribution is 6.06. The number of para-hydroxylation sites is 3. The lowest BCUT2D eigenvalue weighted by Gasteiger charge is -2.09. The van der Waals surface area contributed by atoms with Crippen molar-refractivity contribution < 1.29 is 9.59 Å². The Morgan fingerprint density at radius 2 is 1.44 bits per heavy atom. The monoisotopic (exact) mass is 423 g/mol. The fraction of sp³-hybridized carbons (Fsp3) is 0.120. The van der Waals surface area contributed by atoms with Gasteiger partial charge in [0.2, 0.25) is 11.8 Å². The van der Waals surface area contributed by atoms with Gasteiger partial charge in [-0.2, -0.15) is 0 Å². The van der Waals surface area contributed by atoms with E-state index in [1.165, 1.54) is 6.92 Å². The molecule has 0 saturated heterocycles.